The van der Waals surface area contributed by atoms with Crippen LogP contribution < -0.4 is 10.1 Å². The van der Waals surface area contributed by atoms with Crippen LogP contribution in [0.1, 0.15) is 6.92 Å². The van der Waals surface area contributed by atoms with Crippen molar-refractivity contribution in [3.05, 3.63) is 30.5 Å². The average molecular weight is 238 g/mol. The SMILES string of the molecule is CCNc1ccnc2ccc(OC(F)F)cc12. The van der Waals surface area contributed by atoms with Crippen LogP contribution in [0.5, 0.6) is 5.75 Å². The highest BCUT2D eigenvalue weighted by Crippen LogP contribution is 2.26. The molecule has 0 fully saturated rings. The van der Waals surface area contributed by atoms with Gasteiger partial charge in [0, 0.05) is 23.8 Å². The third kappa shape index (κ3) is 2.61. The molecule has 2 rings (SSSR count). The molecular formula is C12H12F2N2O. The molecule has 5 heteroatoms. The number of hydrogen-bond acceptors (Lipinski definition) is 3. The summed E-state index contributed by atoms with van der Waals surface area (Å²) in [6.07, 6.45) is 1.67. The van der Waals surface area contributed by atoms with Crippen LogP contribution >= 0.6 is 0 Å². The summed E-state index contributed by atoms with van der Waals surface area (Å²) in [6, 6.07) is 6.51. The predicted molar refractivity (Wildman–Crippen MR) is 62.5 cm³/mol. The summed E-state index contributed by atoms with van der Waals surface area (Å²) in [5, 5.41) is 3.92. The molecule has 0 aliphatic heterocycles. The van der Waals surface area contributed by atoms with E-state index in [1.54, 1.807) is 24.4 Å². The highest BCUT2D eigenvalue weighted by molar-refractivity contribution is 5.92. The van der Waals surface area contributed by atoms with E-state index in [1.807, 2.05) is 6.92 Å². The van der Waals surface area contributed by atoms with Crippen molar-refractivity contribution in [3.63, 3.8) is 0 Å². The molecule has 0 spiro atoms. The van der Waals surface area contributed by atoms with Gasteiger partial charge in [0.05, 0.1) is 5.52 Å². The number of nitrogens with one attached hydrogen (secondary N) is 1. The maximum atomic E-state index is 12.1. The minimum Gasteiger partial charge on any atom is -0.435 e. The van der Waals surface area contributed by atoms with Crippen LogP contribution in [-0.4, -0.2) is 18.1 Å². The van der Waals surface area contributed by atoms with E-state index in [-0.39, 0.29) is 5.75 Å². The van der Waals surface area contributed by atoms with E-state index < -0.39 is 6.61 Å². The Bertz CT molecular complexity index is 517. The number of anilines is 1. The van der Waals surface area contributed by atoms with Gasteiger partial charge in [0.1, 0.15) is 5.75 Å². The Morgan fingerprint density at radius 3 is 2.88 bits per heavy atom. The molecule has 17 heavy (non-hydrogen) atoms. The largest absolute Gasteiger partial charge is 0.435 e. The van der Waals surface area contributed by atoms with E-state index >= 15 is 0 Å². The second-order valence-corrected chi connectivity index (χ2v) is 3.45. The molecule has 2 aromatic rings. The molecular weight excluding hydrogens is 226 g/mol. The number of pyridine rings is 1. The summed E-state index contributed by atoms with van der Waals surface area (Å²) < 4.78 is 28.6. The molecule has 0 saturated heterocycles. The smallest absolute Gasteiger partial charge is 0.387 e. The van der Waals surface area contributed by atoms with Crippen LogP contribution in [0.15, 0.2) is 30.5 Å². The summed E-state index contributed by atoms with van der Waals surface area (Å²) in [6.45, 7) is -0.100. The van der Waals surface area contributed by atoms with Gasteiger partial charge in [-0.05, 0) is 31.2 Å². The summed E-state index contributed by atoms with van der Waals surface area (Å²) in [4.78, 5) is 4.16. The molecule has 0 unspecified atom stereocenters. The molecule has 1 aromatic carbocycles. The van der Waals surface area contributed by atoms with Gasteiger partial charge in [0.2, 0.25) is 0 Å². The molecule has 3 nitrogen and oxygen atoms in total. The fraction of sp³-hybridized carbons (Fsp3) is 0.250. The van der Waals surface area contributed by atoms with Gasteiger partial charge in [0.15, 0.2) is 0 Å². The predicted octanol–water partition coefficient (Wildman–Crippen LogP) is 3.27. The fourth-order valence-electron chi connectivity index (χ4n) is 1.65. The van der Waals surface area contributed by atoms with Crippen molar-refractivity contribution in [3.8, 4) is 5.75 Å². The van der Waals surface area contributed by atoms with Gasteiger partial charge in [0.25, 0.3) is 0 Å². The van der Waals surface area contributed by atoms with Crippen molar-refractivity contribution in [1.29, 1.82) is 0 Å². The molecule has 0 aliphatic rings. The number of rotatable bonds is 4. The zero-order valence-electron chi connectivity index (χ0n) is 9.28. The number of fused-ring (bicyclic) bond motifs is 1. The molecule has 0 radical (unpaired) electrons. The third-order valence-electron chi connectivity index (χ3n) is 2.31. The maximum absolute atomic E-state index is 12.1. The minimum absolute atomic E-state index is 0.139. The molecule has 1 heterocycles. The number of nitrogens with zero attached hydrogens (tertiary/aromatic N) is 1. The van der Waals surface area contributed by atoms with Crippen molar-refractivity contribution in [2.75, 3.05) is 11.9 Å². The molecule has 1 N–H and O–H groups in total. The highest BCUT2D eigenvalue weighted by Gasteiger charge is 2.07. The zero-order valence-corrected chi connectivity index (χ0v) is 9.28. The first-order chi connectivity index (χ1) is 8.20. The van der Waals surface area contributed by atoms with Crippen LogP contribution in [0.4, 0.5) is 14.5 Å². The summed E-state index contributed by atoms with van der Waals surface area (Å²) >= 11 is 0. The van der Waals surface area contributed by atoms with E-state index in [9.17, 15) is 8.78 Å². The first-order valence-corrected chi connectivity index (χ1v) is 5.28. The number of alkyl halides is 2. The lowest BCUT2D eigenvalue weighted by Gasteiger charge is -2.09. The van der Waals surface area contributed by atoms with E-state index in [0.717, 1.165) is 23.1 Å². The normalized spacial score (nSPS) is 10.8. The topological polar surface area (TPSA) is 34.2 Å². The summed E-state index contributed by atoms with van der Waals surface area (Å²) in [5.74, 6) is 0.139. The Morgan fingerprint density at radius 1 is 1.35 bits per heavy atom. The summed E-state index contributed by atoms with van der Waals surface area (Å²) in [5.41, 5.74) is 1.60. The molecule has 0 atom stereocenters. The van der Waals surface area contributed by atoms with E-state index in [0.29, 0.717) is 0 Å². The Labute approximate surface area is 97.4 Å². The molecule has 1 aromatic heterocycles. The van der Waals surface area contributed by atoms with Crippen LogP contribution in [-0.2, 0) is 0 Å². The molecule has 0 bridgehead atoms. The van der Waals surface area contributed by atoms with E-state index in [4.69, 9.17) is 0 Å². The Balaban J connectivity index is 2.45. The van der Waals surface area contributed by atoms with Crippen LogP contribution in [0.2, 0.25) is 0 Å². The number of benzene rings is 1. The number of halogens is 2. The molecule has 90 valence electrons. The van der Waals surface area contributed by atoms with Crippen LogP contribution in [0.25, 0.3) is 10.9 Å². The third-order valence-corrected chi connectivity index (χ3v) is 2.31. The van der Waals surface area contributed by atoms with Gasteiger partial charge in [-0.25, -0.2) is 0 Å². The van der Waals surface area contributed by atoms with Gasteiger partial charge in [-0.15, -0.1) is 0 Å². The Kier molecular flexibility index (Phi) is 3.37. The minimum atomic E-state index is -2.81. The van der Waals surface area contributed by atoms with Gasteiger partial charge >= 0.3 is 6.61 Å². The van der Waals surface area contributed by atoms with Crippen molar-refractivity contribution < 1.29 is 13.5 Å². The van der Waals surface area contributed by atoms with Crippen LogP contribution in [0.3, 0.4) is 0 Å². The van der Waals surface area contributed by atoms with Gasteiger partial charge in [-0.1, -0.05) is 0 Å². The first-order valence-electron chi connectivity index (χ1n) is 5.28. The van der Waals surface area contributed by atoms with Crippen LogP contribution in [0, 0.1) is 0 Å². The standard InChI is InChI=1S/C12H12F2N2O/c1-2-15-11-5-6-16-10-4-3-8(7-9(10)11)17-12(13)14/h3-7,12H,2H2,1H3,(H,15,16). The van der Waals surface area contributed by atoms with Gasteiger partial charge < -0.3 is 10.1 Å². The second-order valence-electron chi connectivity index (χ2n) is 3.45. The molecule has 0 amide bonds. The van der Waals surface area contributed by atoms with E-state index in [1.165, 1.54) is 6.07 Å². The van der Waals surface area contributed by atoms with Crippen molar-refractivity contribution >= 4 is 16.6 Å². The Hall–Kier alpha value is -1.91. The molecule has 0 aliphatic carbocycles. The number of aromatic nitrogens is 1. The molecule has 0 saturated carbocycles. The maximum Gasteiger partial charge on any atom is 0.387 e. The number of hydrogen-bond donors (Lipinski definition) is 1. The highest BCUT2D eigenvalue weighted by atomic mass is 19.3. The second kappa shape index (κ2) is 4.95. The lowest BCUT2D eigenvalue weighted by atomic mass is 10.2. The van der Waals surface area contributed by atoms with Crippen molar-refractivity contribution in [2.45, 2.75) is 13.5 Å². The van der Waals surface area contributed by atoms with Gasteiger partial charge in [-0.2, -0.15) is 8.78 Å². The fourth-order valence-corrected chi connectivity index (χ4v) is 1.65. The zero-order chi connectivity index (χ0) is 12.3. The summed E-state index contributed by atoms with van der Waals surface area (Å²) in [7, 11) is 0. The Morgan fingerprint density at radius 2 is 2.18 bits per heavy atom. The van der Waals surface area contributed by atoms with Crippen molar-refractivity contribution in [1.82, 2.24) is 4.98 Å². The monoisotopic (exact) mass is 238 g/mol. The first kappa shape index (κ1) is 11.6. The lowest BCUT2D eigenvalue weighted by Crippen LogP contribution is -2.02. The van der Waals surface area contributed by atoms with Crippen molar-refractivity contribution in [2.24, 2.45) is 0 Å². The number of ether oxygens (including phenoxy) is 1. The van der Waals surface area contributed by atoms with Gasteiger partial charge in [-0.3, -0.25) is 4.98 Å². The lowest BCUT2D eigenvalue weighted by molar-refractivity contribution is -0.0497. The average Bonchev–Trinajstić information content (AvgIpc) is 2.29. The van der Waals surface area contributed by atoms with E-state index in [2.05, 4.69) is 15.0 Å². The quantitative estimate of drug-likeness (QED) is 0.887.